The van der Waals surface area contributed by atoms with Crippen LogP contribution in [-0.2, 0) is 4.79 Å². The van der Waals surface area contributed by atoms with Gasteiger partial charge in [0.05, 0.1) is 0 Å². The number of hydrazine groups is 1. The molecule has 1 aromatic carbocycles. The molecule has 0 bridgehead atoms. The van der Waals surface area contributed by atoms with Gasteiger partial charge in [-0.3, -0.25) is 15.5 Å². The third kappa shape index (κ3) is 4.76. The van der Waals surface area contributed by atoms with Gasteiger partial charge < -0.3 is 5.73 Å². The Kier molecular flexibility index (Phi) is 5.67. The van der Waals surface area contributed by atoms with Gasteiger partial charge in [0, 0.05) is 11.1 Å². The third-order valence-corrected chi connectivity index (χ3v) is 4.27. The Morgan fingerprint density at radius 1 is 1.17 bits per heavy atom. The molecule has 1 heterocycles. The quantitative estimate of drug-likeness (QED) is 0.642. The standard InChI is InChI=1S/C15H19N5O2S/c1-9(2)11-8-17-15(23-11)18-14(22)20-19-13(21)12(16)10-6-4-3-5-7-10/h3-9,12H,16H2,1-2H3,(H,19,21)(H2,17,18,20,22)/t12-/m1/s1. The smallest absolute Gasteiger partial charge is 0.316 e. The zero-order valence-corrected chi connectivity index (χ0v) is 13.7. The number of carbonyl (C=O) groups is 2. The Morgan fingerprint density at radius 2 is 1.87 bits per heavy atom. The predicted octanol–water partition coefficient (Wildman–Crippen LogP) is 2.12. The predicted molar refractivity (Wildman–Crippen MR) is 89.9 cm³/mol. The fraction of sp³-hybridized carbons (Fsp3) is 0.267. The summed E-state index contributed by atoms with van der Waals surface area (Å²) >= 11 is 1.39. The van der Waals surface area contributed by atoms with Crippen molar-refractivity contribution in [2.45, 2.75) is 25.8 Å². The van der Waals surface area contributed by atoms with Crippen LogP contribution in [0, 0.1) is 0 Å². The maximum atomic E-state index is 11.9. The van der Waals surface area contributed by atoms with E-state index in [0.717, 1.165) is 4.88 Å². The molecular weight excluding hydrogens is 314 g/mol. The minimum Gasteiger partial charge on any atom is -0.316 e. The molecule has 1 aromatic heterocycles. The van der Waals surface area contributed by atoms with Gasteiger partial charge in [-0.25, -0.2) is 15.2 Å². The van der Waals surface area contributed by atoms with Crippen molar-refractivity contribution >= 4 is 28.4 Å². The Bertz CT molecular complexity index is 672. The van der Waals surface area contributed by atoms with Crippen molar-refractivity contribution in [3.63, 3.8) is 0 Å². The Balaban J connectivity index is 1.82. The van der Waals surface area contributed by atoms with Gasteiger partial charge in [-0.15, -0.1) is 11.3 Å². The van der Waals surface area contributed by atoms with E-state index < -0.39 is 18.0 Å². The molecule has 2 aromatic rings. The van der Waals surface area contributed by atoms with Gasteiger partial charge in [-0.2, -0.15) is 0 Å². The summed E-state index contributed by atoms with van der Waals surface area (Å²) in [6.45, 7) is 4.09. The topological polar surface area (TPSA) is 109 Å². The lowest BCUT2D eigenvalue weighted by Gasteiger charge is -2.13. The fourth-order valence-corrected chi connectivity index (χ4v) is 2.56. The molecule has 23 heavy (non-hydrogen) atoms. The van der Waals surface area contributed by atoms with Crippen LogP contribution < -0.4 is 21.9 Å². The summed E-state index contributed by atoms with van der Waals surface area (Å²) in [5.74, 6) is -0.164. The van der Waals surface area contributed by atoms with Gasteiger partial charge in [0.15, 0.2) is 5.13 Å². The van der Waals surface area contributed by atoms with Crippen molar-refractivity contribution < 1.29 is 9.59 Å². The average molecular weight is 333 g/mol. The molecule has 0 saturated heterocycles. The van der Waals surface area contributed by atoms with Crippen LogP contribution in [0.25, 0.3) is 0 Å². The summed E-state index contributed by atoms with van der Waals surface area (Å²) in [6, 6.07) is 7.46. The molecule has 0 aliphatic heterocycles. The van der Waals surface area contributed by atoms with Crippen LogP contribution in [0.2, 0.25) is 0 Å². The van der Waals surface area contributed by atoms with Gasteiger partial charge in [0.2, 0.25) is 0 Å². The molecule has 0 saturated carbocycles. The van der Waals surface area contributed by atoms with Crippen LogP contribution in [0.15, 0.2) is 36.5 Å². The van der Waals surface area contributed by atoms with Crippen molar-refractivity contribution in [1.29, 1.82) is 0 Å². The van der Waals surface area contributed by atoms with Gasteiger partial charge in [0.25, 0.3) is 5.91 Å². The van der Waals surface area contributed by atoms with Crippen LogP contribution in [0.1, 0.15) is 36.2 Å². The van der Waals surface area contributed by atoms with E-state index in [1.54, 1.807) is 30.5 Å². The maximum Gasteiger partial charge on any atom is 0.339 e. The monoisotopic (exact) mass is 333 g/mol. The minimum absolute atomic E-state index is 0.342. The van der Waals surface area contributed by atoms with E-state index in [2.05, 4.69) is 21.2 Å². The van der Waals surface area contributed by atoms with Gasteiger partial charge >= 0.3 is 6.03 Å². The van der Waals surface area contributed by atoms with Gasteiger partial charge in [-0.05, 0) is 11.5 Å². The van der Waals surface area contributed by atoms with Crippen LogP contribution in [-0.4, -0.2) is 16.9 Å². The van der Waals surface area contributed by atoms with E-state index in [-0.39, 0.29) is 0 Å². The van der Waals surface area contributed by atoms with Crippen molar-refractivity contribution in [3.05, 3.63) is 47.0 Å². The molecular formula is C15H19N5O2S. The van der Waals surface area contributed by atoms with Crippen LogP contribution in [0.3, 0.4) is 0 Å². The number of aromatic nitrogens is 1. The van der Waals surface area contributed by atoms with E-state index in [9.17, 15) is 9.59 Å². The van der Waals surface area contributed by atoms with E-state index in [1.165, 1.54) is 11.3 Å². The molecule has 0 radical (unpaired) electrons. The highest BCUT2D eigenvalue weighted by molar-refractivity contribution is 7.15. The number of benzene rings is 1. The Labute approximate surface area is 138 Å². The van der Waals surface area contributed by atoms with Crippen molar-refractivity contribution in [2.24, 2.45) is 5.73 Å². The normalized spacial score (nSPS) is 11.8. The van der Waals surface area contributed by atoms with Crippen LogP contribution in [0.5, 0.6) is 0 Å². The number of amides is 3. The molecule has 7 nitrogen and oxygen atoms in total. The summed E-state index contributed by atoms with van der Waals surface area (Å²) in [5, 5.41) is 3.02. The van der Waals surface area contributed by atoms with E-state index in [4.69, 9.17) is 5.73 Å². The lowest BCUT2D eigenvalue weighted by atomic mass is 10.1. The molecule has 2 rings (SSSR count). The number of carbonyl (C=O) groups excluding carboxylic acids is 2. The zero-order chi connectivity index (χ0) is 16.8. The molecule has 3 amide bonds. The number of nitrogens with one attached hydrogen (secondary N) is 3. The summed E-state index contributed by atoms with van der Waals surface area (Å²) in [5.41, 5.74) is 11.0. The Hall–Kier alpha value is -2.45. The second-order valence-electron chi connectivity index (χ2n) is 5.18. The molecule has 0 aliphatic carbocycles. The number of nitrogens with zero attached hydrogens (tertiary/aromatic N) is 1. The number of hydrogen-bond donors (Lipinski definition) is 4. The number of hydrogen-bond acceptors (Lipinski definition) is 5. The Morgan fingerprint density at radius 3 is 2.48 bits per heavy atom. The van der Waals surface area contributed by atoms with E-state index >= 15 is 0 Å². The molecule has 0 unspecified atom stereocenters. The highest BCUT2D eigenvalue weighted by atomic mass is 32.1. The molecule has 122 valence electrons. The number of nitrogens with two attached hydrogens (primary N) is 1. The minimum atomic E-state index is -0.857. The highest BCUT2D eigenvalue weighted by Crippen LogP contribution is 2.24. The molecule has 0 aliphatic rings. The first-order valence-electron chi connectivity index (χ1n) is 7.10. The first kappa shape index (κ1) is 16.9. The summed E-state index contributed by atoms with van der Waals surface area (Å²) < 4.78 is 0. The maximum absolute atomic E-state index is 11.9. The van der Waals surface area contributed by atoms with E-state index in [0.29, 0.717) is 16.6 Å². The van der Waals surface area contributed by atoms with Crippen LogP contribution >= 0.6 is 11.3 Å². The number of thiazole rings is 1. The fourth-order valence-electron chi connectivity index (χ4n) is 1.75. The largest absolute Gasteiger partial charge is 0.339 e. The SMILES string of the molecule is CC(C)c1cnc(NC(=O)NNC(=O)[C@H](N)c2ccccc2)s1. The zero-order valence-electron chi connectivity index (χ0n) is 12.9. The second kappa shape index (κ2) is 7.70. The lowest BCUT2D eigenvalue weighted by Crippen LogP contribution is -2.47. The second-order valence-corrected chi connectivity index (χ2v) is 6.24. The molecule has 1 atom stereocenters. The molecule has 8 heteroatoms. The summed E-state index contributed by atoms with van der Waals surface area (Å²) in [4.78, 5) is 28.8. The average Bonchev–Trinajstić information content (AvgIpc) is 3.01. The lowest BCUT2D eigenvalue weighted by molar-refractivity contribution is -0.123. The number of urea groups is 1. The first-order chi connectivity index (χ1) is 11.0. The highest BCUT2D eigenvalue weighted by Gasteiger charge is 2.16. The van der Waals surface area contributed by atoms with E-state index in [1.807, 2.05) is 19.9 Å². The van der Waals surface area contributed by atoms with Crippen molar-refractivity contribution in [1.82, 2.24) is 15.8 Å². The van der Waals surface area contributed by atoms with Crippen molar-refractivity contribution in [2.75, 3.05) is 5.32 Å². The number of rotatable bonds is 4. The van der Waals surface area contributed by atoms with Crippen LogP contribution in [0.4, 0.5) is 9.93 Å². The van der Waals surface area contributed by atoms with Gasteiger partial charge in [0.1, 0.15) is 6.04 Å². The third-order valence-electron chi connectivity index (χ3n) is 3.05. The molecule has 0 fully saturated rings. The van der Waals surface area contributed by atoms with Crippen molar-refractivity contribution in [3.8, 4) is 0 Å². The summed E-state index contributed by atoms with van der Waals surface area (Å²) in [7, 11) is 0. The molecule has 0 spiro atoms. The van der Waals surface area contributed by atoms with Gasteiger partial charge in [-0.1, -0.05) is 44.2 Å². The summed E-state index contributed by atoms with van der Waals surface area (Å²) in [6.07, 6.45) is 1.72. The number of anilines is 1. The first-order valence-corrected chi connectivity index (χ1v) is 7.92. The molecule has 5 N–H and O–H groups in total.